The van der Waals surface area contributed by atoms with E-state index in [1.54, 1.807) is 0 Å². The molecule has 1 saturated carbocycles. The van der Waals surface area contributed by atoms with Crippen LogP contribution in [0, 0.1) is 5.92 Å². The van der Waals surface area contributed by atoms with Crippen molar-refractivity contribution in [3.63, 3.8) is 0 Å². The summed E-state index contributed by atoms with van der Waals surface area (Å²) in [5.41, 5.74) is 5.26. The molecule has 0 aromatic heterocycles. The molecule has 3 heteroatoms. The highest BCUT2D eigenvalue weighted by atomic mass is 16.5. The standard InChI is InChI=1S/C22H25NO2/c24-13-17-9-10-18-21(15-4-2-1-3-5-15)23-20-11-8-16(14-6-7-14)12-19(20)22(18)25-17/h1-5,8,11-12,14,17-18,21-24H,6-7,9-10,13H2/t17-,18+,21+,22+/m1/s1. The Morgan fingerprint density at radius 2 is 1.80 bits per heavy atom. The molecule has 2 N–H and O–H groups in total. The van der Waals surface area contributed by atoms with Crippen LogP contribution in [-0.2, 0) is 4.74 Å². The number of hydrogen-bond donors (Lipinski definition) is 2. The van der Waals surface area contributed by atoms with Crippen LogP contribution in [-0.4, -0.2) is 17.8 Å². The van der Waals surface area contributed by atoms with Crippen LogP contribution in [0.25, 0.3) is 0 Å². The van der Waals surface area contributed by atoms with Crippen LogP contribution in [0.1, 0.15) is 60.4 Å². The third kappa shape index (κ3) is 2.76. The van der Waals surface area contributed by atoms with Gasteiger partial charge in [0.2, 0.25) is 0 Å². The van der Waals surface area contributed by atoms with Gasteiger partial charge in [-0.2, -0.15) is 0 Å². The van der Waals surface area contributed by atoms with Gasteiger partial charge in [0.1, 0.15) is 0 Å². The van der Waals surface area contributed by atoms with Crippen LogP contribution in [0.15, 0.2) is 48.5 Å². The van der Waals surface area contributed by atoms with E-state index in [1.165, 1.54) is 35.2 Å². The summed E-state index contributed by atoms with van der Waals surface area (Å²) < 4.78 is 6.38. The molecule has 130 valence electrons. The number of aliphatic hydroxyl groups is 1. The molecule has 2 heterocycles. The normalized spacial score (nSPS) is 30.9. The number of nitrogens with one attached hydrogen (secondary N) is 1. The molecule has 25 heavy (non-hydrogen) atoms. The first-order valence-corrected chi connectivity index (χ1v) is 9.55. The lowest BCUT2D eigenvalue weighted by atomic mass is 9.76. The molecule has 3 aliphatic rings. The fraction of sp³-hybridized carbons (Fsp3) is 0.455. The van der Waals surface area contributed by atoms with Crippen molar-refractivity contribution in [1.82, 2.24) is 0 Å². The summed E-state index contributed by atoms with van der Waals surface area (Å²) in [4.78, 5) is 0. The first kappa shape index (κ1) is 15.4. The quantitative estimate of drug-likeness (QED) is 0.864. The highest BCUT2D eigenvalue weighted by Gasteiger charge is 2.42. The Kier molecular flexibility index (Phi) is 3.79. The number of ether oxygens (including phenoxy) is 1. The van der Waals surface area contributed by atoms with Crippen molar-refractivity contribution in [1.29, 1.82) is 0 Å². The third-order valence-corrected chi connectivity index (χ3v) is 6.08. The zero-order valence-electron chi connectivity index (χ0n) is 14.4. The van der Waals surface area contributed by atoms with Gasteiger partial charge in [0, 0.05) is 17.2 Å². The maximum absolute atomic E-state index is 9.62. The first-order chi connectivity index (χ1) is 12.3. The Bertz CT molecular complexity index is 756. The van der Waals surface area contributed by atoms with Gasteiger partial charge >= 0.3 is 0 Å². The van der Waals surface area contributed by atoms with E-state index in [2.05, 4.69) is 53.8 Å². The van der Waals surface area contributed by atoms with E-state index in [0.717, 1.165) is 18.8 Å². The molecule has 5 rings (SSSR count). The van der Waals surface area contributed by atoms with Crippen LogP contribution >= 0.6 is 0 Å². The van der Waals surface area contributed by atoms with Crippen LogP contribution in [0.3, 0.4) is 0 Å². The number of anilines is 1. The minimum Gasteiger partial charge on any atom is -0.394 e. The number of benzene rings is 2. The average molecular weight is 335 g/mol. The van der Waals surface area contributed by atoms with E-state index in [1.807, 2.05) is 0 Å². The Hall–Kier alpha value is -1.84. The summed E-state index contributed by atoms with van der Waals surface area (Å²) in [7, 11) is 0. The van der Waals surface area contributed by atoms with Crippen molar-refractivity contribution in [2.45, 2.75) is 49.9 Å². The van der Waals surface area contributed by atoms with Crippen molar-refractivity contribution in [2.24, 2.45) is 5.92 Å². The second kappa shape index (κ2) is 6.15. The Morgan fingerprint density at radius 1 is 0.960 bits per heavy atom. The first-order valence-electron chi connectivity index (χ1n) is 9.55. The molecule has 0 unspecified atom stereocenters. The number of hydrogen-bond acceptors (Lipinski definition) is 3. The van der Waals surface area contributed by atoms with Gasteiger partial charge in [-0.3, -0.25) is 0 Å². The molecule has 2 fully saturated rings. The largest absolute Gasteiger partial charge is 0.394 e. The van der Waals surface area contributed by atoms with Gasteiger partial charge in [-0.05, 0) is 48.8 Å². The SMILES string of the molecule is OC[C@H]1CC[C@@H]2[C@H](O1)c1cc(C3CC3)ccc1N[C@H]2c1ccccc1. The van der Waals surface area contributed by atoms with Gasteiger partial charge in [0.05, 0.1) is 24.9 Å². The molecule has 3 nitrogen and oxygen atoms in total. The zero-order valence-corrected chi connectivity index (χ0v) is 14.4. The average Bonchev–Trinajstić information content (AvgIpc) is 3.52. The molecule has 2 aliphatic heterocycles. The molecular weight excluding hydrogens is 310 g/mol. The molecule has 0 bridgehead atoms. The fourth-order valence-electron chi connectivity index (χ4n) is 4.57. The van der Waals surface area contributed by atoms with Crippen molar-refractivity contribution in [3.05, 3.63) is 65.2 Å². The molecule has 0 amide bonds. The number of rotatable bonds is 3. The van der Waals surface area contributed by atoms with Crippen molar-refractivity contribution < 1.29 is 9.84 Å². The Balaban J connectivity index is 1.56. The van der Waals surface area contributed by atoms with Gasteiger partial charge in [-0.25, -0.2) is 0 Å². The molecule has 2 aromatic rings. The second-order valence-corrected chi connectivity index (χ2v) is 7.76. The molecule has 2 aromatic carbocycles. The van der Waals surface area contributed by atoms with Gasteiger partial charge < -0.3 is 15.2 Å². The molecular formula is C22H25NO2. The smallest absolute Gasteiger partial charge is 0.0900 e. The fourth-order valence-corrected chi connectivity index (χ4v) is 4.57. The highest BCUT2D eigenvalue weighted by Crippen LogP contribution is 2.51. The van der Waals surface area contributed by atoms with Crippen LogP contribution in [0.4, 0.5) is 5.69 Å². The highest BCUT2D eigenvalue weighted by molar-refractivity contribution is 5.59. The van der Waals surface area contributed by atoms with Crippen molar-refractivity contribution in [3.8, 4) is 0 Å². The summed E-state index contributed by atoms with van der Waals surface area (Å²) in [6.45, 7) is 0.115. The second-order valence-electron chi connectivity index (χ2n) is 7.76. The van der Waals surface area contributed by atoms with Crippen molar-refractivity contribution in [2.75, 3.05) is 11.9 Å². The summed E-state index contributed by atoms with van der Waals surface area (Å²) in [6.07, 6.45) is 4.68. The molecule has 0 spiro atoms. The minimum absolute atomic E-state index is 0.0341. The summed E-state index contributed by atoms with van der Waals surface area (Å²) in [5.74, 6) is 1.15. The minimum atomic E-state index is -0.0341. The zero-order chi connectivity index (χ0) is 16.8. The van der Waals surface area contributed by atoms with Crippen LogP contribution in [0.5, 0.6) is 0 Å². The lowest BCUT2D eigenvalue weighted by molar-refractivity contribution is -0.110. The van der Waals surface area contributed by atoms with Gasteiger partial charge in [0.15, 0.2) is 0 Å². The Labute approximate surface area is 149 Å². The lowest BCUT2D eigenvalue weighted by Gasteiger charge is -2.45. The maximum Gasteiger partial charge on any atom is 0.0900 e. The van der Waals surface area contributed by atoms with Gasteiger partial charge in [-0.1, -0.05) is 42.5 Å². The van der Waals surface area contributed by atoms with E-state index in [9.17, 15) is 5.11 Å². The van der Waals surface area contributed by atoms with Gasteiger partial charge in [-0.15, -0.1) is 0 Å². The molecule has 4 atom stereocenters. The van der Waals surface area contributed by atoms with E-state index in [0.29, 0.717) is 5.92 Å². The Morgan fingerprint density at radius 3 is 2.56 bits per heavy atom. The summed E-state index contributed by atoms with van der Waals surface area (Å²) >= 11 is 0. The predicted octanol–water partition coefficient (Wildman–Crippen LogP) is 4.56. The van der Waals surface area contributed by atoms with Crippen LogP contribution in [0.2, 0.25) is 0 Å². The summed E-state index contributed by atoms with van der Waals surface area (Å²) in [6, 6.07) is 17.8. The third-order valence-electron chi connectivity index (χ3n) is 6.08. The summed E-state index contributed by atoms with van der Waals surface area (Å²) in [5, 5.41) is 13.4. The number of fused-ring (bicyclic) bond motifs is 3. The monoisotopic (exact) mass is 335 g/mol. The number of aliphatic hydroxyl groups excluding tert-OH is 1. The van der Waals surface area contributed by atoms with E-state index < -0.39 is 0 Å². The van der Waals surface area contributed by atoms with Gasteiger partial charge in [0.25, 0.3) is 0 Å². The maximum atomic E-state index is 9.62. The van der Waals surface area contributed by atoms with E-state index in [4.69, 9.17) is 4.74 Å². The van der Waals surface area contributed by atoms with E-state index >= 15 is 0 Å². The topological polar surface area (TPSA) is 41.5 Å². The van der Waals surface area contributed by atoms with Crippen molar-refractivity contribution >= 4 is 5.69 Å². The predicted molar refractivity (Wildman–Crippen MR) is 98.6 cm³/mol. The molecule has 1 saturated heterocycles. The van der Waals surface area contributed by atoms with E-state index in [-0.39, 0.29) is 24.9 Å². The van der Waals surface area contributed by atoms with Crippen LogP contribution < -0.4 is 5.32 Å². The molecule has 0 radical (unpaired) electrons. The molecule has 1 aliphatic carbocycles. The lowest BCUT2D eigenvalue weighted by Crippen LogP contribution is -2.40.